The minimum atomic E-state index is -0.786. The standard InChI is InChI=1S/C15H21FO2/c1-3-11(4-2)8-13(15(17)18)9-12-6-5-7-14(16)10-12/h5-7,10-11,13H,3-4,8-9H2,1-2H3,(H,17,18). The van der Waals surface area contributed by atoms with Crippen molar-refractivity contribution in [1.29, 1.82) is 0 Å². The number of halogens is 1. The molecule has 1 aromatic carbocycles. The molecule has 0 aliphatic carbocycles. The zero-order valence-electron chi connectivity index (χ0n) is 11.0. The number of carbonyl (C=O) groups is 1. The SMILES string of the molecule is CCC(CC)CC(Cc1cccc(F)c1)C(=O)O. The number of hydrogen-bond donors (Lipinski definition) is 1. The highest BCUT2D eigenvalue weighted by atomic mass is 19.1. The summed E-state index contributed by atoms with van der Waals surface area (Å²) in [4.78, 5) is 11.3. The van der Waals surface area contributed by atoms with E-state index in [1.54, 1.807) is 12.1 Å². The Bertz CT molecular complexity index is 386. The topological polar surface area (TPSA) is 37.3 Å². The van der Waals surface area contributed by atoms with Crippen LogP contribution in [0.2, 0.25) is 0 Å². The molecule has 0 spiro atoms. The number of rotatable bonds is 7. The van der Waals surface area contributed by atoms with Gasteiger partial charge in [0.05, 0.1) is 5.92 Å². The van der Waals surface area contributed by atoms with E-state index in [0.29, 0.717) is 18.8 Å². The Labute approximate surface area is 108 Å². The molecule has 3 heteroatoms. The molecule has 100 valence electrons. The van der Waals surface area contributed by atoms with Crippen LogP contribution in [0.1, 0.15) is 38.7 Å². The van der Waals surface area contributed by atoms with Crippen LogP contribution in [0.4, 0.5) is 4.39 Å². The van der Waals surface area contributed by atoms with Gasteiger partial charge in [-0.25, -0.2) is 4.39 Å². The first-order valence-corrected chi connectivity index (χ1v) is 6.54. The fourth-order valence-electron chi connectivity index (χ4n) is 2.24. The molecule has 1 atom stereocenters. The van der Waals surface area contributed by atoms with Crippen LogP contribution in [-0.2, 0) is 11.2 Å². The average Bonchev–Trinajstić information content (AvgIpc) is 2.34. The molecule has 1 aromatic rings. The molecule has 1 N–H and O–H groups in total. The Morgan fingerprint density at radius 2 is 2.00 bits per heavy atom. The third kappa shape index (κ3) is 4.47. The highest BCUT2D eigenvalue weighted by Gasteiger charge is 2.21. The molecular formula is C15H21FO2. The number of carboxylic acids is 1. The molecule has 0 aliphatic rings. The van der Waals surface area contributed by atoms with Crippen LogP contribution < -0.4 is 0 Å². The quantitative estimate of drug-likeness (QED) is 0.799. The van der Waals surface area contributed by atoms with Gasteiger partial charge in [-0.05, 0) is 36.5 Å². The van der Waals surface area contributed by atoms with E-state index < -0.39 is 11.9 Å². The number of aliphatic carboxylic acids is 1. The van der Waals surface area contributed by atoms with Gasteiger partial charge < -0.3 is 5.11 Å². The monoisotopic (exact) mass is 252 g/mol. The molecule has 0 saturated heterocycles. The van der Waals surface area contributed by atoms with Crippen molar-refractivity contribution in [2.75, 3.05) is 0 Å². The zero-order valence-corrected chi connectivity index (χ0v) is 11.0. The summed E-state index contributed by atoms with van der Waals surface area (Å²) in [6, 6.07) is 6.20. The summed E-state index contributed by atoms with van der Waals surface area (Å²) >= 11 is 0. The first kappa shape index (κ1) is 14.7. The van der Waals surface area contributed by atoms with Crippen molar-refractivity contribution in [2.24, 2.45) is 11.8 Å². The van der Waals surface area contributed by atoms with E-state index in [4.69, 9.17) is 0 Å². The van der Waals surface area contributed by atoms with Gasteiger partial charge in [0, 0.05) is 0 Å². The van der Waals surface area contributed by atoms with Gasteiger partial charge in [0.1, 0.15) is 5.82 Å². The fourth-order valence-corrected chi connectivity index (χ4v) is 2.24. The summed E-state index contributed by atoms with van der Waals surface area (Å²) in [5, 5.41) is 9.25. The van der Waals surface area contributed by atoms with Crippen LogP contribution in [0.15, 0.2) is 24.3 Å². The molecule has 0 fully saturated rings. The van der Waals surface area contributed by atoms with Crippen molar-refractivity contribution in [3.63, 3.8) is 0 Å². The van der Waals surface area contributed by atoms with Gasteiger partial charge in [0.25, 0.3) is 0 Å². The Hall–Kier alpha value is -1.38. The Morgan fingerprint density at radius 1 is 1.33 bits per heavy atom. The number of benzene rings is 1. The molecule has 2 nitrogen and oxygen atoms in total. The first-order chi connectivity index (χ1) is 8.56. The maximum atomic E-state index is 13.1. The predicted molar refractivity (Wildman–Crippen MR) is 69.9 cm³/mol. The van der Waals surface area contributed by atoms with E-state index in [0.717, 1.165) is 18.4 Å². The van der Waals surface area contributed by atoms with E-state index in [2.05, 4.69) is 13.8 Å². The van der Waals surface area contributed by atoms with Gasteiger partial charge >= 0.3 is 5.97 Å². The van der Waals surface area contributed by atoms with Crippen molar-refractivity contribution in [1.82, 2.24) is 0 Å². The zero-order chi connectivity index (χ0) is 13.5. The molecular weight excluding hydrogens is 231 g/mol. The maximum absolute atomic E-state index is 13.1. The lowest BCUT2D eigenvalue weighted by molar-refractivity contribution is -0.142. The highest BCUT2D eigenvalue weighted by Crippen LogP contribution is 2.22. The second-order valence-electron chi connectivity index (χ2n) is 4.79. The smallest absolute Gasteiger partial charge is 0.306 e. The Morgan fingerprint density at radius 3 is 2.50 bits per heavy atom. The second kappa shape index (κ2) is 7.14. The van der Waals surface area contributed by atoms with Crippen molar-refractivity contribution >= 4 is 5.97 Å². The minimum Gasteiger partial charge on any atom is -0.481 e. The van der Waals surface area contributed by atoms with E-state index in [-0.39, 0.29) is 5.82 Å². The molecule has 1 unspecified atom stereocenters. The predicted octanol–water partition coefficient (Wildman–Crippen LogP) is 3.90. The second-order valence-corrected chi connectivity index (χ2v) is 4.79. The molecule has 0 heterocycles. The third-order valence-electron chi connectivity index (χ3n) is 3.49. The minimum absolute atomic E-state index is 0.306. The molecule has 0 amide bonds. The van der Waals surface area contributed by atoms with E-state index in [1.165, 1.54) is 12.1 Å². The molecule has 0 aliphatic heterocycles. The van der Waals surface area contributed by atoms with E-state index in [1.807, 2.05) is 0 Å². The lowest BCUT2D eigenvalue weighted by Crippen LogP contribution is -2.20. The fraction of sp³-hybridized carbons (Fsp3) is 0.533. The summed E-state index contributed by atoms with van der Waals surface area (Å²) in [6.45, 7) is 4.16. The van der Waals surface area contributed by atoms with Crippen molar-refractivity contribution < 1.29 is 14.3 Å². The van der Waals surface area contributed by atoms with Gasteiger partial charge in [-0.3, -0.25) is 4.79 Å². The van der Waals surface area contributed by atoms with Crippen molar-refractivity contribution in [3.05, 3.63) is 35.6 Å². The summed E-state index contributed by atoms with van der Waals surface area (Å²) < 4.78 is 13.1. The summed E-state index contributed by atoms with van der Waals surface area (Å²) in [5.74, 6) is -1.08. The molecule has 1 rings (SSSR count). The first-order valence-electron chi connectivity index (χ1n) is 6.54. The van der Waals surface area contributed by atoms with Crippen LogP contribution >= 0.6 is 0 Å². The molecule has 0 bridgehead atoms. The van der Waals surface area contributed by atoms with Gasteiger partial charge in [-0.15, -0.1) is 0 Å². The van der Waals surface area contributed by atoms with Crippen molar-refractivity contribution in [2.45, 2.75) is 39.5 Å². The van der Waals surface area contributed by atoms with Gasteiger partial charge in [-0.2, -0.15) is 0 Å². The van der Waals surface area contributed by atoms with Crippen LogP contribution in [0.25, 0.3) is 0 Å². The van der Waals surface area contributed by atoms with E-state index in [9.17, 15) is 14.3 Å². The van der Waals surface area contributed by atoms with Crippen LogP contribution in [-0.4, -0.2) is 11.1 Å². The van der Waals surface area contributed by atoms with Crippen LogP contribution in [0, 0.1) is 17.7 Å². The summed E-state index contributed by atoms with van der Waals surface area (Å²) in [7, 11) is 0. The van der Waals surface area contributed by atoms with Crippen LogP contribution in [0.3, 0.4) is 0 Å². The van der Waals surface area contributed by atoms with Gasteiger partial charge in [0.15, 0.2) is 0 Å². The van der Waals surface area contributed by atoms with Gasteiger partial charge in [0.2, 0.25) is 0 Å². The van der Waals surface area contributed by atoms with Crippen LogP contribution in [0.5, 0.6) is 0 Å². The van der Waals surface area contributed by atoms with Gasteiger partial charge in [-0.1, -0.05) is 38.8 Å². The molecule has 0 aromatic heterocycles. The largest absolute Gasteiger partial charge is 0.481 e. The van der Waals surface area contributed by atoms with Crippen molar-refractivity contribution in [3.8, 4) is 0 Å². The number of hydrogen-bond acceptors (Lipinski definition) is 1. The maximum Gasteiger partial charge on any atom is 0.306 e. The normalized spacial score (nSPS) is 12.7. The average molecular weight is 252 g/mol. The molecule has 0 saturated carbocycles. The summed E-state index contributed by atoms with van der Waals surface area (Å²) in [6.07, 6.45) is 3.05. The highest BCUT2D eigenvalue weighted by molar-refractivity contribution is 5.70. The molecule has 18 heavy (non-hydrogen) atoms. The lowest BCUT2D eigenvalue weighted by Gasteiger charge is -2.18. The lowest BCUT2D eigenvalue weighted by atomic mass is 9.87. The third-order valence-corrected chi connectivity index (χ3v) is 3.49. The Kier molecular flexibility index (Phi) is 5.83. The Balaban J connectivity index is 2.71. The number of carboxylic acid groups (broad SMARTS) is 1. The molecule has 0 radical (unpaired) electrons. The van der Waals surface area contributed by atoms with E-state index >= 15 is 0 Å². The summed E-state index contributed by atoms with van der Waals surface area (Å²) in [5.41, 5.74) is 0.758.